The Morgan fingerprint density at radius 2 is 2.11 bits per heavy atom. The van der Waals surface area contributed by atoms with Gasteiger partial charge in [-0.25, -0.2) is 4.39 Å². The average molecular weight is 284 g/mol. The molecule has 1 aromatic rings. The number of ether oxygens (including phenoxy) is 1. The summed E-state index contributed by atoms with van der Waals surface area (Å²) in [4.78, 5) is 11.9. The van der Waals surface area contributed by atoms with Gasteiger partial charge in [0, 0.05) is 12.3 Å². The number of alkyl halides is 1. The van der Waals surface area contributed by atoms with E-state index in [-0.39, 0.29) is 12.2 Å². The van der Waals surface area contributed by atoms with Crippen molar-refractivity contribution < 1.29 is 13.9 Å². The van der Waals surface area contributed by atoms with E-state index in [1.54, 1.807) is 12.1 Å². The molecule has 0 amide bonds. The Balaban J connectivity index is 2.99. The number of nitrogens with zero attached hydrogens (tertiary/aromatic N) is 1. The van der Waals surface area contributed by atoms with Gasteiger partial charge in [-0.2, -0.15) is 5.26 Å². The Morgan fingerprint density at radius 3 is 2.58 bits per heavy atom. The summed E-state index contributed by atoms with van der Waals surface area (Å²) >= 11 is 5.63. The third kappa shape index (κ3) is 3.93. The summed E-state index contributed by atoms with van der Waals surface area (Å²) in [6, 6.07) is 7.76. The van der Waals surface area contributed by atoms with E-state index < -0.39 is 11.4 Å². The minimum absolute atomic E-state index is 0.188. The van der Waals surface area contributed by atoms with Gasteiger partial charge in [0.2, 0.25) is 0 Å². The second-order valence-electron chi connectivity index (χ2n) is 4.28. The fourth-order valence-electron chi connectivity index (χ4n) is 1.92. The predicted molar refractivity (Wildman–Crippen MR) is 70.1 cm³/mol. The predicted octanol–water partition coefficient (Wildman–Crippen LogP) is 3.07. The Kier molecular flexibility index (Phi) is 5.78. The molecule has 102 valence electrons. The second kappa shape index (κ2) is 7.10. The van der Waals surface area contributed by atoms with Crippen molar-refractivity contribution in [3.63, 3.8) is 0 Å². The van der Waals surface area contributed by atoms with Gasteiger partial charge >= 0.3 is 5.97 Å². The molecule has 0 heterocycles. The van der Waals surface area contributed by atoms with E-state index in [4.69, 9.17) is 16.3 Å². The Morgan fingerprint density at radius 1 is 1.47 bits per heavy atom. The molecule has 0 aliphatic rings. The highest BCUT2D eigenvalue weighted by Gasteiger charge is 2.39. The van der Waals surface area contributed by atoms with Crippen LogP contribution in [0.25, 0.3) is 0 Å². The van der Waals surface area contributed by atoms with Crippen LogP contribution < -0.4 is 0 Å². The highest BCUT2D eigenvalue weighted by molar-refractivity contribution is 6.17. The third-order valence-corrected chi connectivity index (χ3v) is 3.21. The van der Waals surface area contributed by atoms with Crippen molar-refractivity contribution in [1.82, 2.24) is 0 Å². The highest BCUT2D eigenvalue weighted by atomic mass is 35.5. The molecule has 3 nitrogen and oxygen atoms in total. The van der Waals surface area contributed by atoms with Gasteiger partial charge in [0.25, 0.3) is 0 Å². The molecule has 0 aromatic heterocycles. The van der Waals surface area contributed by atoms with Gasteiger partial charge in [-0.05, 0) is 30.5 Å². The van der Waals surface area contributed by atoms with Gasteiger partial charge in [0.05, 0.1) is 13.2 Å². The summed E-state index contributed by atoms with van der Waals surface area (Å²) in [5.74, 6) is -0.571. The molecular weight excluding hydrogens is 269 g/mol. The molecule has 0 aliphatic heterocycles. The minimum Gasteiger partial charge on any atom is -0.468 e. The van der Waals surface area contributed by atoms with E-state index in [9.17, 15) is 14.4 Å². The molecule has 0 N–H and O–H groups in total. The molecule has 1 aromatic carbocycles. The topological polar surface area (TPSA) is 50.1 Å². The standard InChI is InChI=1S/C14H15ClFNO2/c1-19-13(18)14(10-17,7-2-8-15)9-11-3-5-12(16)6-4-11/h3-6H,2,7-9H2,1H3. The van der Waals surface area contributed by atoms with Gasteiger partial charge in [-0.3, -0.25) is 4.79 Å². The Labute approximate surface area is 116 Å². The fraction of sp³-hybridized carbons (Fsp3) is 0.429. The third-order valence-electron chi connectivity index (χ3n) is 2.95. The van der Waals surface area contributed by atoms with Crippen molar-refractivity contribution >= 4 is 17.6 Å². The maximum atomic E-state index is 12.9. The largest absolute Gasteiger partial charge is 0.468 e. The van der Waals surface area contributed by atoms with E-state index in [1.165, 1.54) is 19.2 Å². The minimum atomic E-state index is -1.26. The highest BCUT2D eigenvalue weighted by Crippen LogP contribution is 2.30. The maximum Gasteiger partial charge on any atom is 0.326 e. The van der Waals surface area contributed by atoms with Gasteiger partial charge in [0.15, 0.2) is 5.41 Å². The zero-order valence-corrected chi connectivity index (χ0v) is 11.4. The summed E-state index contributed by atoms with van der Waals surface area (Å²) < 4.78 is 17.6. The lowest BCUT2D eigenvalue weighted by atomic mass is 9.79. The van der Waals surface area contributed by atoms with Crippen molar-refractivity contribution in [1.29, 1.82) is 5.26 Å². The average Bonchev–Trinajstić information content (AvgIpc) is 2.45. The van der Waals surface area contributed by atoms with E-state index in [1.807, 2.05) is 6.07 Å². The quantitative estimate of drug-likeness (QED) is 0.595. The summed E-state index contributed by atoms with van der Waals surface area (Å²) in [6.45, 7) is 0. The number of carbonyl (C=O) groups excluding carboxylic acids is 1. The van der Waals surface area contributed by atoms with Crippen LogP contribution in [0.1, 0.15) is 18.4 Å². The van der Waals surface area contributed by atoms with E-state index in [2.05, 4.69) is 0 Å². The van der Waals surface area contributed by atoms with Crippen molar-refractivity contribution in [3.05, 3.63) is 35.6 Å². The smallest absolute Gasteiger partial charge is 0.326 e. The molecule has 0 saturated carbocycles. The lowest BCUT2D eigenvalue weighted by molar-refractivity contribution is -0.149. The van der Waals surface area contributed by atoms with E-state index in [0.29, 0.717) is 24.3 Å². The van der Waals surface area contributed by atoms with E-state index >= 15 is 0 Å². The molecule has 0 radical (unpaired) electrons. The molecule has 0 bridgehead atoms. The number of halogens is 2. The number of carbonyl (C=O) groups is 1. The zero-order valence-electron chi connectivity index (χ0n) is 10.7. The first-order valence-corrected chi connectivity index (χ1v) is 6.41. The van der Waals surface area contributed by atoms with Crippen LogP contribution in [-0.2, 0) is 16.0 Å². The molecule has 0 saturated heterocycles. The van der Waals surface area contributed by atoms with Crippen molar-refractivity contribution in [2.24, 2.45) is 5.41 Å². The number of hydrogen-bond donors (Lipinski definition) is 0. The number of rotatable bonds is 6. The van der Waals surface area contributed by atoms with Crippen molar-refractivity contribution in [2.45, 2.75) is 19.3 Å². The molecule has 0 aliphatic carbocycles. The molecular formula is C14H15ClFNO2. The second-order valence-corrected chi connectivity index (χ2v) is 4.66. The first-order chi connectivity index (χ1) is 9.07. The van der Waals surface area contributed by atoms with Gasteiger partial charge in [-0.15, -0.1) is 11.6 Å². The molecule has 19 heavy (non-hydrogen) atoms. The summed E-state index contributed by atoms with van der Waals surface area (Å²) in [6.07, 6.45) is 1.04. The number of esters is 1. The molecule has 5 heteroatoms. The van der Waals surface area contributed by atoms with Crippen molar-refractivity contribution in [2.75, 3.05) is 13.0 Å². The monoisotopic (exact) mass is 283 g/mol. The summed E-state index contributed by atoms with van der Waals surface area (Å²) in [5, 5.41) is 9.35. The molecule has 1 unspecified atom stereocenters. The summed E-state index contributed by atoms with van der Waals surface area (Å²) in [5.41, 5.74) is -0.551. The van der Waals surface area contributed by atoms with E-state index in [0.717, 1.165) is 0 Å². The van der Waals surface area contributed by atoms with Crippen LogP contribution in [0, 0.1) is 22.6 Å². The van der Waals surface area contributed by atoms with Gasteiger partial charge < -0.3 is 4.74 Å². The number of nitriles is 1. The lowest BCUT2D eigenvalue weighted by Gasteiger charge is -2.23. The normalized spacial score (nSPS) is 13.4. The van der Waals surface area contributed by atoms with Crippen LogP contribution in [0.5, 0.6) is 0 Å². The maximum absolute atomic E-state index is 12.9. The summed E-state index contributed by atoms with van der Waals surface area (Å²) in [7, 11) is 1.25. The molecule has 1 rings (SSSR count). The number of hydrogen-bond acceptors (Lipinski definition) is 3. The zero-order chi connectivity index (χ0) is 14.3. The Bertz CT molecular complexity index is 469. The van der Waals surface area contributed by atoms with Crippen LogP contribution in [0.15, 0.2) is 24.3 Å². The molecule has 0 fully saturated rings. The molecule has 0 spiro atoms. The SMILES string of the molecule is COC(=O)C(C#N)(CCCCl)Cc1ccc(F)cc1. The lowest BCUT2D eigenvalue weighted by Crippen LogP contribution is -2.33. The number of benzene rings is 1. The van der Waals surface area contributed by atoms with Crippen LogP contribution in [0.4, 0.5) is 4.39 Å². The molecule has 1 atom stereocenters. The van der Waals surface area contributed by atoms with Crippen LogP contribution in [0.2, 0.25) is 0 Å². The van der Waals surface area contributed by atoms with Gasteiger partial charge in [-0.1, -0.05) is 12.1 Å². The van der Waals surface area contributed by atoms with Crippen molar-refractivity contribution in [3.8, 4) is 6.07 Å². The van der Waals surface area contributed by atoms with Gasteiger partial charge in [0.1, 0.15) is 5.82 Å². The van der Waals surface area contributed by atoms with Crippen LogP contribution in [0.3, 0.4) is 0 Å². The number of methoxy groups -OCH3 is 1. The fourth-order valence-corrected chi connectivity index (χ4v) is 2.05. The van der Waals surface area contributed by atoms with Crippen LogP contribution in [-0.4, -0.2) is 19.0 Å². The first kappa shape index (κ1) is 15.5. The first-order valence-electron chi connectivity index (χ1n) is 5.88. The van der Waals surface area contributed by atoms with Crippen LogP contribution >= 0.6 is 11.6 Å². The Hall–Kier alpha value is -1.60.